The van der Waals surface area contributed by atoms with E-state index in [-0.39, 0.29) is 76.7 Å². The van der Waals surface area contributed by atoms with Crippen LogP contribution in [0.5, 0.6) is 0 Å². The standard InChI is InChI=1S/C15H22O6S2.C12H18O6S2/c1-7-3-17-14-10(5-19-12(7)14)22-23-11-6-20-13-9(21-8(2)16)4-18-15(11)13;13-5-1-15-11-7(3-17-9(5)11)19-20-8-4-18-10-6(14)2-16-12(8)10/h7,9-15H,3-6H2,1-2H3;5-14H,1-4H2/t7-,9-,10+,11+,12-,13-,14-,15-;5-,6-,7+,8+,9-,10-,11-,12-/m11/s1. The van der Waals surface area contributed by atoms with E-state index in [0.29, 0.717) is 50.8 Å². The molecule has 0 aromatic carbocycles. The van der Waals surface area contributed by atoms with Gasteiger partial charge in [-0.15, -0.1) is 0 Å². The van der Waals surface area contributed by atoms with Gasteiger partial charge in [0.2, 0.25) is 0 Å². The maximum atomic E-state index is 11.1. The van der Waals surface area contributed by atoms with E-state index in [1.54, 1.807) is 32.4 Å². The first-order chi connectivity index (χ1) is 20.9. The summed E-state index contributed by atoms with van der Waals surface area (Å²) in [5.41, 5.74) is 0. The monoisotopic (exact) mass is 684 g/mol. The molecule has 43 heavy (non-hydrogen) atoms. The maximum Gasteiger partial charge on any atom is 0.303 e. The van der Waals surface area contributed by atoms with Gasteiger partial charge in [-0.1, -0.05) is 50.1 Å². The molecule has 2 N–H and O–H groups in total. The molecule has 8 aliphatic rings. The second-order valence-corrected chi connectivity index (χ2v) is 17.7. The summed E-state index contributed by atoms with van der Waals surface area (Å²) in [4.78, 5) is 11.1. The summed E-state index contributed by atoms with van der Waals surface area (Å²) in [7, 11) is 7.07. The Morgan fingerprint density at radius 3 is 1.42 bits per heavy atom. The van der Waals surface area contributed by atoms with Gasteiger partial charge in [0.05, 0.1) is 86.1 Å². The lowest BCUT2D eigenvalue weighted by molar-refractivity contribution is -0.150. The van der Waals surface area contributed by atoms with Gasteiger partial charge >= 0.3 is 5.97 Å². The molecular formula is C27H40O12S4. The van der Waals surface area contributed by atoms with Crippen molar-refractivity contribution in [3.63, 3.8) is 0 Å². The highest BCUT2D eigenvalue weighted by Crippen LogP contribution is 2.47. The van der Waals surface area contributed by atoms with Gasteiger partial charge in [-0.05, 0) is 0 Å². The molecule has 0 spiro atoms. The van der Waals surface area contributed by atoms with Crippen molar-refractivity contribution in [1.29, 1.82) is 0 Å². The van der Waals surface area contributed by atoms with Crippen LogP contribution < -0.4 is 0 Å². The van der Waals surface area contributed by atoms with Crippen molar-refractivity contribution in [3.05, 3.63) is 0 Å². The van der Waals surface area contributed by atoms with Crippen LogP contribution in [-0.4, -0.2) is 157 Å². The van der Waals surface area contributed by atoms with E-state index in [9.17, 15) is 15.0 Å². The summed E-state index contributed by atoms with van der Waals surface area (Å²) in [6.45, 7) is 8.14. The van der Waals surface area contributed by atoms with Crippen LogP contribution in [0.1, 0.15) is 13.8 Å². The van der Waals surface area contributed by atoms with Crippen molar-refractivity contribution in [2.24, 2.45) is 5.92 Å². The van der Waals surface area contributed by atoms with E-state index < -0.39 is 12.2 Å². The molecule has 16 heteroatoms. The summed E-state index contributed by atoms with van der Waals surface area (Å²) < 4.78 is 51.1. The number of fused-ring (bicyclic) bond motifs is 4. The fraction of sp³-hybridized carbons (Fsp3) is 0.963. The van der Waals surface area contributed by atoms with E-state index in [4.69, 9.17) is 42.6 Å². The second-order valence-electron chi connectivity index (χ2n) is 12.2. The number of esters is 1. The van der Waals surface area contributed by atoms with Crippen LogP contribution in [0.3, 0.4) is 0 Å². The van der Waals surface area contributed by atoms with Gasteiger partial charge in [0.15, 0.2) is 6.10 Å². The van der Waals surface area contributed by atoms with Gasteiger partial charge in [-0.25, -0.2) is 0 Å². The van der Waals surface area contributed by atoms with Crippen molar-refractivity contribution >= 4 is 49.1 Å². The molecule has 8 aliphatic heterocycles. The molecule has 8 saturated heterocycles. The molecule has 8 fully saturated rings. The molecule has 0 bridgehead atoms. The van der Waals surface area contributed by atoms with Gasteiger partial charge in [-0.3, -0.25) is 4.79 Å². The molecule has 0 aliphatic carbocycles. The first kappa shape index (κ1) is 32.0. The van der Waals surface area contributed by atoms with Crippen molar-refractivity contribution in [2.45, 2.75) is 102 Å². The fourth-order valence-corrected chi connectivity index (χ4v) is 13.1. The number of carbonyl (C=O) groups is 1. The highest BCUT2D eigenvalue weighted by atomic mass is 33.1. The van der Waals surface area contributed by atoms with Crippen LogP contribution in [0.15, 0.2) is 0 Å². The molecular weight excluding hydrogens is 645 g/mol. The van der Waals surface area contributed by atoms with Crippen LogP contribution in [0.2, 0.25) is 0 Å². The normalized spacial score (nSPS) is 51.2. The number of carbonyl (C=O) groups excluding carboxylic acids is 1. The largest absolute Gasteiger partial charge is 0.457 e. The Bertz CT molecular complexity index is 950. The molecule has 0 aromatic rings. The molecule has 244 valence electrons. The second kappa shape index (κ2) is 13.9. The van der Waals surface area contributed by atoms with Crippen molar-refractivity contribution in [2.75, 3.05) is 52.9 Å². The lowest BCUT2D eigenvalue weighted by atomic mass is 10.0. The van der Waals surface area contributed by atoms with Crippen molar-refractivity contribution < 1.29 is 57.6 Å². The van der Waals surface area contributed by atoms with Gasteiger partial charge < -0.3 is 52.8 Å². The summed E-state index contributed by atoms with van der Waals surface area (Å²) >= 11 is 0. The lowest BCUT2D eigenvalue weighted by Gasteiger charge is -2.19. The molecule has 0 aromatic heterocycles. The zero-order chi connectivity index (χ0) is 29.7. The molecule has 8 heterocycles. The highest BCUT2D eigenvalue weighted by molar-refractivity contribution is 8.77. The quantitative estimate of drug-likeness (QED) is 0.287. The predicted molar refractivity (Wildman–Crippen MR) is 160 cm³/mol. The van der Waals surface area contributed by atoms with Crippen LogP contribution >= 0.6 is 43.2 Å². The van der Waals surface area contributed by atoms with Crippen molar-refractivity contribution in [1.82, 2.24) is 0 Å². The number of aliphatic hydroxyl groups is 2. The molecule has 0 amide bonds. The Labute approximate surface area is 266 Å². The minimum Gasteiger partial charge on any atom is -0.457 e. The average Bonchev–Trinajstić information content (AvgIpc) is 3.82. The Kier molecular flexibility index (Phi) is 10.4. The van der Waals surface area contributed by atoms with E-state index in [1.165, 1.54) is 6.92 Å². The molecule has 16 atom stereocenters. The minimum absolute atomic E-state index is 0.00149. The zero-order valence-electron chi connectivity index (χ0n) is 24.0. The molecule has 12 nitrogen and oxygen atoms in total. The number of ether oxygens (including phenoxy) is 9. The topological polar surface area (TPSA) is 141 Å². The van der Waals surface area contributed by atoms with Gasteiger partial charge in [0.25, 0.3) is 0 Å². The first-order valence-electron chi connectivity index (χ1n) is 15.0. The Morgan fingerprint density at radius 2 is 0.907 bits per heavy atom. The maximum absolute atomic E-state index is 11.1. The number of hydrogen-bond acceptors (Lipinski definition) is 16. The van der Waals surface area contributed by atoms with E-state index in [0.717, 1.165) is 13.2 Å². The van der Waals surface area contributed by atoms with Gasteiger partial charge in [0, 0.05) is 12.8 Å². The average molecular weight is 685 g/mol. The van der Waals surface area contributed by atoms with Crippen LogP contribution in [-0.2, 0) is 47.4 Å². The Morgan fingerprint density at radius 1 is 0.535 bits per heavy atom. The highest BCUT2D eigenvalue weighted by Gasteiger charge is 2.52. The third-order valence-corrected chi connectivity index (χ3v) is 15.6. The third kappa shape index (κ3) is 6.62. The smallest absolute Gasteiger partial charge is 0.303 e. The summed E-state index contributed by atoms with van der Waals surface area (Å²) in [5, 5.41) is 20.5. The first-order valence-corrected chi connectivity index (χ1v) is 19.5. The lowest BCUT2D eigenvalue weighted by Crippen LogP contribution is -2.33. The SMILES string of the molecule is CC(=O)O[C@@H]1CO[C@H]2[C@@H]1OC[C@@H]2SS[C@H]1CO[C@H]2[C@@H]1OC[C@H]2C.O[C@@H]1CO[C@H]2[C@@H]1OC[C@@H]2SS[C@H]1CO[C@H]2[C@@H]1OC[C@H]2O. The van der Waals surface area contributed by atoms with Crippen LogP contribution in [0.25, 0.3) is 0 Å². The van der Waals surface area contributed by atoms with Gasteiger partial charge in [-0.2, -0.15) is 0 Å². The zero-order valence-corrected chi connectivity index (χ0v) is 27.3. The van der Waals surface area contributed by atoms with Crippen LogP contribution in [0.4, 0.5) is 0 Å². The van der Waals surface area contributed by atoms with E-state index in [1.807, 2.05) is 10.8 Å². The summed E-state index contributed by atoms with van der Waals surface area (Å²) in [5.74, 6) is 0.201. The van der Waals surface area contributed by atoms with Crippen molar-refractivity contribution in [3.8, 4) is 0 Å². The fourth-order valence-electron chi connectivity index (χ4n) is 6.90. The van der Waals surface area contributed by atoms with E-state index >= 15 is 0 Å². The number of hydrogen-bond donors (Lipinski definition) is 2. The predicted octanol–water partition coefficient (Wildman–Crippen LogP) is 0.690. The number of rotatable bonds is 7. The summed E-state index contributed by atoms with van der Waals surface area (Å²) in [6, 6.07) is 0. The van der Waals surface area contributed by atoms with E-state index in [2.05, 4.69) is 6.92 Å². The Hall–Kier alpha value is 0.470. The molecule has 0 unspecified atom stereocenters. The molecule has 0 radical (unpaired) electrons. The Balaban J connectivity index is 0.000000141. The minimum atomic E-state index is -0.497. The van der Waals surface area contributed by atoms with Gasteiger partial charge in [0.1, 0.15) is 48.8 Å². The molecule has 0 saturated carbocycles. The third-order valence-electron chi connectivity index (χ3n) is 9.10. The molecule has 8 rings (SSSR count). The number of aliphatic hydroxyl groups excluding tert-OH is 2. The van der Waals surface area contributed by atoms with Crippen LogP contribution in [0, 0.1) is 5.92 Å². The summed E-state index contributed by atoms with van der Waals surface area (Å²) in [6.07, 6.45) is -1.33.